The Morgan fingerprint density at radius 3 is 1.64 bits per heavy atom. The molecule has 1 amide bonds. The quantitative estimate of drug-likeness (QED) is 0.220. The Balaban J connectivity index is 3.57. The zero-order valence-electron chi connectivity index (χ0n) is 18.9. The number of nitrogens with zero attached hydrogens (tertiary/aromatic N) is 1. The third-order valence-electron chi connectivity index (χ3n) is 4.97. The van der Waals surface area contributed by atoms with Crippen molar-refractivity contribution in [2.24, 2.45) is 0 Å². The first-order valence-electron chi connectivity index (χ1n) is 11.8. The number of rotatable bonds is 19. The number of aliphatic hydroxyl groups is 2. The first-order valence-corrected chi connectivity index (χ1v) is 11.8. The predicted octanol–water partition coefficient (Wildman–Crippen LogP) is 5.61. The van der Waals surface area contributed by atoms with Gasteiger partial charge in [0.25, 0.3) is 0 Å². The lowest BCUT2D eigenvalue weighted by molar-refractivity contribution is -0.134. The van der Waals surface area contributed by atoms with Crippen molar-refractivity contribution in [1.29, 1.82) is 0 Å². The van der Waals surface area contributed by atoms with Gasteiger partial charge in [0.15, 0.2) is 0 Å². The highest BCUT2D eigenvalue weighted by molar-refractivity contribution is 5.76. The van der Waals surface area contributed by atoms with Crippen LogP contribution in [0.5, 0.6) is 0 Å². The van der Waals surface area contributed by atoms with Crippen molar-refractivity contribution in [2.45, 2.75) is 123 Å². The van der Waals surface area contributed by atoms with Crippen LogP contribution in [0.2, 0.25) is 0 Å². The highest BCUT2D eigenvalue weighted by Gasteiger charge is 2.16. The van der Waals surface area contributed by atoms with E-state index < -0.39 is 12.2 Å². The smallest absolute Gasteiger partial charge is 0.222 e. The van der Waals surface area contributed by atoms with Crippen LogP contribution < -0.4 is 0 Å². The molecule has 0 rings (SSSR count). The average Bonchev–Trinajstić information content (AvgIpc) is 2.63. The highest BCUT2D eigenvalue weighted by atomic mass is 16.3. The van der Waals surface area contributed by atoms with Crippen LogP contribution in [0.3, 0.4) is 0 Å². The first kappa shape index (κ1) is 27.1. The van der Waals surface area contributed by atoms with Crippen LogP contribution in [0.15, 0.2) is 12.2 Å². The van der Waals surface area contributed by atoms with Crippen molar-refractivity contribution in [2.75, 3.05) is 13.1 Å². The molecule has 2 N–H and O–H groups in total. The minimum atomic E-state index is -0.559. The molecule has 0 saturated heterocycles. The van der Waals surface area contributed by atoms with Gasteiger partial charge in [0.2, 0.25) is 5.91 Å². The molecule has 0 heterocycles. The van der Waals surface area contributed by atoms with E-state index in [1.807, 2.05) is 0 Å². The van der Waals surface area contributed by atoms with Gasteiger partial charge in [-0.1, -0.05) is 70.4 Å². The van der Waals surface area contributed by atoms with Crippen LogP contribution in [0.25, 0.3) is 0 Å². The molecule has 0 aliphatic carbocycles. The Bertz CT molecular complexity index is 370. The van der Waals surface area contributed by atoms with Gasteiger partial charge in [-0.3, -0.25) is 4.79 Å². The van der Waals surface area contributed by atoms with E-state index in [0.717, 1.165) is 12.8 Å². The second-order valence-electron chi connectivity index (χ2n) is 8.33. The van der Waals surface area contributed by atoms with Crippen molar-refractivity contribution < 1.29 is 15.0 Å². The molecule has 0 aliphatic heterocycles. The standard InChI is InChI=1S/C24H47NO3/c1-4-5-6-7-8-9-10-11-12-13-14-15-16-17-18-19-24(28)25(20-22(2)26)21-23(3)27/h11-12,22-23,26-27H,4-10,13-21H2,1-3H3/b12-11-. The number of amides is 1. The number of carbonyl (C=O) groups is 1. The van der Waals surface area contributed by atoms with E-state index in [4.69, 9.17) is 0 Å². The normalized spacial score (nSPS) is 13.8. The van der Waals surface area contributed by atoms with Crippen LogP contribution in [0.4, 0.5) is 0 Å². The second kappa shape index (κ2) is 19.4. The van der Waals surface area contributed by atoms with Gasteiger partial charge < -0.3 is 15.1 Å². The molecule has 166 valence electrons. The fraction of sp³-hybridized carbons (Fsp3) is 0.875. The fourth-order valence-corrected chi connectivity index (χ4v) is 3.42. The molecule has 0 aromatic heterocycles. The number of carbonyl (C=O) groups excluding carboxylic acids is 1. The molecule has 2 unspecified atom stereocenters. The monoisotopic (exact) mass is 397 g/mol. The average molecular weight is 398 g/mol. The van der Waals surface area contributed by atoms with Crippen LogP contribution >= 0.6 is 0 Å². The Morgan fingerprint density at radius 2 is 1.18 bits per heavy atom. The fourth-order valence-electron chi connectivity index (χ4n) is 3.42. The molecule has 0 spiro atoms. The van der Waals surface area contributed by atoms with Crippen LogP contribution in [-0.2, 0) is 4.79 Å². The van der Waals surface area contributed by atoms with Gasteiger partial charge >= 0.3 is 0 Å². The van der Waals surface area contributed by atoms with Crippen molar-refractivity contribution in [1.82, 2.24) is 4.90 Å². The SMILES string of the molecule is CCCCCCCC/C=C\CCCCCCCC(=O)N(CC(C)O)CC(C)O. The summed E-state index contributed by atoms with van der Waals surface area (Å²) in [4.78, 5) is 13.8. The molecule has 0 aromatic carbocycles. The number of unbranched alkanes of at least 4 members (excludes halogenated alkanes) is 11. The molecule has 28 heavy (non-hydrogen) atoms. The molecule has 0 radical (unpaired) electrons. The van der Waals surface area contributed by atoms with Crippen molar-refractivity contribution in [3.05, 3.63) is 12.2 Å². The van der Waals surface area contributed by atoms with Crippen molar-refractivity contribution >= 4 is 5.91 Å². The van der Waals surface area contributed by atoms with Gasteiger partial charge in [-0.25, -0.2) is 0 Å². The third kappa shape index (κ3) is 18.5. The molecule has 2 atom stereocenters. The van der Waals surface area contributed by atoms with Gasteiger partial charge in [0.05, 0.1) is 12.2 Å². The molecule has 4 nitrogen and oxygen atoms in total. The lowest BCUT2D eigenvalue weighted by Gasteiger charge is -2.25. The molecular formula is C24H47NO3. The number of hydrogen-bond donors (Lipinski definition) is 2. The van der Waals surface area contributed by atoms with E-state index >= 15 is 0 Å². The summed E-state index contributed by atoms with van der Waals surface area (Å²) >= 11 is 0. The van der Waals surface area contributed by atoms with Crippen LogP contribution in [0, 0.1) is 0 Å². The van der Waals surface area contributed by atoms with Crippen LogP contribution in [0.1, 0.15) is 111 Å². The molecule has 0 saturated carbocycles. The Hall–Kier alpha value is -0.870. The van der Waals surface area contributed by atoms with Crippen molar-refractivity contribution in [3.8, 4) is 0 Å². The molecule has 0 aromatic rings. The molecule has 0 fully saturated rings. The summed E-state index contributed by atoms with van der Waals surface area (Å²) in [7, 11) is 0. The zero-order valence-corrected chi connectivity index (χ0v) is 18.9. The van der Waals surface area contributed by atoms with Gasteiger partial charge in [-0.05, 0) is 46.0 Å². The third-order valence-corrected chi connectivity index (χ3v) is 4.97. The summed E-state index contributed by atoms with van der Waals surface area (Å²) in [6.45, 7) is 6.20. The predicted molar refractivity (Wildman–Crippen MR) is 119 cm³/mol. The summed E-state index contributed by atoms with van der Waals surface area (Å²) in [5.41, 5.74) is 0. The molecule has 0 aliphatic rings. The Morgan fingerprint density at radius 1 is 0.750 bits per heavy atom. The van der Waals surface area contributed by atoms with Gasteiger partial charge in [-0.15, -0.1) is 0 Å². The van der Waals surface area contributed by atoms with E-state index in [0.29, 0.717) is 19.5 Å². The van der Waals surface area contributed by atoms with Crippen LogP contribution in [-0.4, -0.2) is 46.3 Å². The summed E-state index contributed by atoms with van der Waals surface area (Å²) < 4.78 is 0. The molecule has 4 heteroatoms. The van der Waals surface area contributed by atoms with E-state index in [-0.39, 0.29) is 5.91 Å². The van der Waals surface area contributed by atoms with E-state index in [9.17, 15) is 15.0 Å². The number of allylic oxidation sites excluding steroid dienone is 2. The second-order valence-corrected chi connectivity index (χ2v) is 8.33. The lowest BCUT2D eigenvalue weighted by atomic mass is 10.1. The van der Waals surface area contributed by atoms with E-state index in [2.05, 4.69) is 19.1 Å². The van der Waals surface area contributed by atoms with Gasteiger partial charge in [0, 0.05) is 19.5 Å². The minimum absolute atomic E-state index is 0.0411. The molecule has 0 bridgehead atoms. The maximum atomic E-state index is 12.2. The van der Waals surface area contributed by atoms with E-state index in [1.165, 1.54) is 70.6 Å². The maximum Gasteiger partial charge on any atom is 0.222 e. The summed E-state index contributed by atoms with van der Waals surface area (Å²) in [5.74, 6) is 0.0411. The number of aliphatic hydroxyl groups excluding tert-OH is 2. The van der Waals surface area contributed by atoms with Crippen molar-refractivity contribution in [3.63, 3.8) is 0 Å². The zero-order chi connectivity index (χ0) is 21.0. The van der Waals surface area contributed by atoms with E-state index in [1.54, 1.807) is 18.7 Å². The number of hydrogen-bond acceptors (Lipinski definition) is 3. The Labute approximate surface area is 174 Å². The van der Waals surface area contributed by atoms with Gasteiger partial charge in [-0.2, -0.15) is 0 Å². The summed E-state index contributed by atoms with van der Waals surface area (Å²) in [5, 5.41) is 19.0. The Kier molecular flexibility index (Phi) is 18.8. The molecular weight excluding hydrogens is 350 g/mol. The first-order chi connectivity index (χ1) is 13.5. The minimum Gasteiger partial charge on any atom is -0.392 e. The summed E-state index contributed by atoms with van der Waals surface area (Å²) in [6.07, 6.45) is 20.2. The summed E-state index contributed by atoms with van der Waals surface area (Å²) in [6, 6.07) is 0. The highest BCUT2D eigenvalue weighted by Crippen LogP contribution is 2.11. The lowest BCUT2D eigenvalue weighted by Crippen LogP contribution is -2.40. The van der Waals surface area contributed by atoms with Gasteiger partial charge in [0.1, 0.15) is 0 Å². The topological polar surface area (TPSA) is 60.8 Å². The maximum absolute atomic E-state index is 12.2. The largest absolute Gasteiger partial charge is 0.392 e.